The number of nitrogens with zero attached hydrogens (tertiary/aromatic N) is 1. The minimum Gasteiger partial charge on any atom is -0.508 e. The van der Waals surface area contributed by atoms with Gasteiger partial charge in [0.2, 0.25) is 0 Å². The van der Waals surface area contributed by atoms with Crippen LogP contribution in [0.2, 0.25) is 0 Å². The van der Waals surface area contributed by atoms with Crippen LogP contribution in [0.5, 0.6) is 11.5 Å². The normalized spacial score (nSPS) is 10.5. The third-order valence-electron chi connectivity index (χ3n) is 3.41. The van der Waals surface area contributed by atoms with Crippen LogP contribution < -0.4 is 11.1 Å². The van der Waals surface area contributed by atoms with Crippen molar-refractivity contribution in [3.8, 4) is 11.5 Å². The summed E-state index contributed by atoms with van der Waals surface area (Å²) in [7, 11) is 0. The first-order chi connectivity index (χ1) is 11.0. The molecule has 1 aromatic heterocycles. The summed E-state index contributed by atoms with van der Waals surface area (Å²) in [4.78, 5) is 16.2. The van der Waals surface area contributed by atoms with Crippen LogP contribution in [0.1, 0.15) is 34.5 Å². The lowest BCUT2D eigenvalue weighted by molar-refractivity contribution is 0.0950. The number of unbranched alkanes of at least 4 members (excludes halogenated alkanes) is 1. The fourth-order valence-electron chi connectivity index (χ4n) is 2.33. The Balaban J connectivity index is 1.77. The first kappa shape index (κ1) is 16.6. The second kappa shape index (κ2) is 7.49. The molecule has 2 aromatic rings. The van der Waals surface area contributed by atoms with Crippen LogP contribution in [-0.4, -0.2) is 27.6 Å². The summed E-state index contributed by atoms with van der Waals surface area (Å²) in [6.45, 7) is 2.46. The number of hydrogen-bond acceptors (Lipinski definition) is 5. The highest BCUT2D eigenvalue weighted by Crippen LogP contribution is 2.21. The molecule has 0 spiro atoms. The third kappa shape index (κ3) is 4.88. The van der Waals surface area contributed by atoms with E-state index < -0.39 is 5.91 Å². The van der Waals surface area contributed by atoms with Gasteiger partial charge in [-0.1, -0.05) is 0 Å². The molecule has 6 nitrogen and oxygen atoms in total. The molecule has 0 fully saturated rings. The molecular weight excluding hydrogens is 294 g/mol. The van der Waals surface area contributed by atoms with Crippen LogP contribution in [0.25, 0.3) is 0 Å². The fraction of sp³-hybridized carbons (Fsp3) is 0.294. The van der Waals surface area contributed by atoms with Crippen LogP contribution in [0.4, 0.5) is 5.82 Å². The van der Waals surface area contributed by atoms with E-state index in [1.807, 2.05) is 19.1 Å². The molecule has 0 saturated carbocycles. The van der Waals surface area contributed by atoms with Crippen molar-refractivity contribution in [2.24, 2.45) is 0 Å². The number of anilines is 1. The van der Waals surface area contributed by atoms with Gasteiger partial charge in [-0.05, 0) is 62.1 Å². The predicted molar refractivity (Wildman–Crippen MR) is 88.4 cm³/mol. The second-order valence-electron chi connectivity index (χ2n) is 5.48. The molecule has 0 saturated heterocycles. The Kier molecular flexibility index (Phi) is 5.41. The maximum Gasteiger partial charge on any atom is 0.255 e. The largest absolute Gasteiger partial charge is 0.508 e. The van der Waals surface area contributed by atoms with Gasteiger partial charge in [-0.3, -0.25) is 4.79 Å². The number of rotatable bonds is 6. The molecule has 0 bridgehead atoms. The monoisotopic (exact) mass is 315 g/mol. The van der Waals surface area contributed by atoms with Gasteiger partial charge >= 0.3 is 0 Å². The molecule has 1 amide bonds. The Labute approximate surface area is 135 Å². The molecule has 1 aromatic carbocycles. The van der Waals surface area contributed by atoms with E-state index >= 15 is 0 Å². The van der Waals surface area contributed by atoms with Gasteiger partial charge in [-0.25, -0.2) is 4.98 Å². The second-order valence-corrected chi connectivity index (χ2v) is 5.48. The Bertz CT molecular complexity index is 681. The number of nitrogens with one attached hydrogen (secondary N) is 1. The molecule has 0 radical (unpaired) electrons. The molecule has 5 N–H and O–H groups in total. The number of pyridine rings is 1. The van der Waals surface area contributed by atoms with Crippen molar-refractivity contribution in [1.82, 2.24) is 10.3 Å². The molecule has 0 aliphatic carbocycles. The Hall–Kier alpha value is -2.76. The molecule has 122 valence electrons. The molecule has 6 heteroatoms. The number of amides is 1. The topological polar surface area (TPSA) is 108 Å². The molecule has 0 atom stereocenters. The van der Waals surface area contributed by atoms with Gasteiger partial charge in [0.05, 0.1) is 5.56 Å². The van der Waals surface area contributed by atoms with E-state index in [-0.39, 0.29) is 17.1 Å². The van der Waals surface area contributed by atoms with E-state index in [4.69, 9.17) is 5.73 Å². The van der Waals surface area contributed by atoms with E-state index in [0.717, 1.165) is 30.5 Å². The van der Waals surface area contributed by atoms with Crippen molar-refractivity contribution in [3.63, 3.8) is 0 Å². The van der Waals surface area contributed by atoms with Gasteiger partial charge in [0.25, 0.3) is 5.91 Å². The zero-order chi connectivity index (χ0) is 16.8. The number of nitrogen functional groups attached to an aromatic ring is 1. The SMILES string of the molecule is Cc1cc(N)nc(CCCCNC(=O)c2cc(O)ccc2O)c1. The number of carbonyl (C=O) groups is 1. The summed E-state index contributed by atoms with van der Waals surface area (Å²) in [6.07, 6.45) is 2.43. The van der Waals surface area contributed by atoms with Crippen LogP contribution in [0.3, 0.4) is 0 Å². The molecule has 0 unspecified atom stereocenters. The van der Waals surface area contributed by atoms with Crippen LogP contribution in [0, 0.1) is 6.92 Å². The zero-order valence-corrected chi connectivity index (χ0v) is 13.0. The van der Waals surface area contributed by atoms with Gasteiger partial charge < -0.3 is 21.3 Å². The van der Waals surface area contributed by atoms with Crippen molar-refractivity contribution in [3.05, 3.63) is 47.2 Å². The number of carbonyl (C=O) groups excluding carboxylic acids is 1. The fourth-order valence-corrected chi connectivity index (χ4v) is 2.33. The molecule has 0 aliphatic rings. The first-order valence-corrected chi connectivity index (χ1v) is 7.49. The number of hydrogen-bond donors (Lipinski definition) is 4. The maximum absolute atomic E-state index is 11.9. The zero-order valence-electron chi connectivity index (χ0n) is 13.0. The van der Waals surface area contributed by atoms with Gasteiger partial charge in [0.1, 0.15) is 17.3 Å². The van der Waals surface area contributed by atoms with Crippen LogP contribution >= 0.6 is 0 Å². The van der Waals surface area contributed by atoms with Gasteiger partial charge in [-0.2, -0.15) is 0 Å². The average molecular weight is 315 g/mol. The summed E-state index contributed by atoms with van der Waals surface area (Å²) in [5, 5.41) is 21.7. The number of phenols is 2. The maximum atomic E-state index is 11.9. The quantitative estimate of drug-likeness (QED) is 0.482. The Morgan fingerprint density at radius 2 is 2.00 bits per heavy atom. The summed E-state index contributed by atoms with van der Waals surface area (Å²) < 4.78 is 0. The van der Waals surface area contributed by atoms with Gasteiger partial charge in [-0.15, -0.1) is 0 Å². The van der Waals surface area contributed by atoms with Crippen molar-refractivity contribution >= 4 is 11.7 Å². The Morgan fingerprint density at radius 3 is 2.74 bits per heavy atom. The summed E-state index contributed by atoms with van der Waals surface area (Å²) >= 11 is 0. The van der Waals surface area contributed by atoms with Gasteiger partial charge in [0.15, 0.2) is 0 Å². The Morgan fingerprint density at radius 1 is 1.22 bits per heavy atom. The van der Waals surface area contributed by atoms with Gasteiger partial charge in [0, 0.05) is 12.2 Å². The summed E-state index contributed by atoms with van der Waals surface area (Å²) in [5.74, 6) is -0.0974. The molecule has 1 heterocycles. The number of aromatic hydroxyl groups is 2. The summed E-state index contributed by atoms with van der Waals surface area (Å²) in [5.41, 5.74) is 7.80. The van der Waals surface area contributed by atoms with Crippen molar-refractivity contribution < 1.29 is 15.0 Å². The highest BCUT2D eigenvalue weighted by Gasteiger charge is 2.11. The minimum absolute atomic E-state index is 0.0592. The number of benzene rings is 1. The van der Waals surface area contributed by atoms with Crippen LogP contribution in [0.15, 0.2) is 30.3 Å². The van der Waals surface area contributed by atoms with Crippen LogP contribution in [-0.2, 0) is 6.42 Å². The van der Waals surface area contributed by atoms with Crippen molar-refractivity contribution in [2.75, 3.05) is 12.3 Å². The highest BCUT2D eigenvalue weighted by molar-refractivity contribution is 5.97. The molecule has 0 aliphatic heterocycles. The molecule has 23 heavy (non-hydrogen) atoms. The molecule has 2 rings (SSSR count). The number of nitrogens with two attached hydrogens (primary N) is 1. The van der Waals surface area contributed by atoms with E-state index in [2.05, 4.69) is 10.3 Å². The lowest BCUT2D eigenvalue weighted by Gasteiger charge is -2.07. The molecular formula is C17H21N3O3. The van der Waals surface area contributed by atoms with Crippen molar-refractivity contribution in [2.45, 2.75) is 26.2 Å². The number of aryl methyl sites for hydroxylation is 2. The number of aromatic nitrogens is 1. The van der Waals surface area contributed by atoms with E-state index in [1.54, 1.807) is 0 Å². The van der Waals surface area contributed by atoms with E-state index in [1.165, 1.54) is 18.2 Å². The third-order valence-corrected chi connectivity index (χ3v) is 3.41. The smallest absolute Gasteiger partial charge is 0.255 e. The van der Waals surface area contributed by atoms with E-state index in [9.17, 15) is 15.0 Å². The van der Waals surface area contributed by atoms with Crippen molar-refractivity contribution in [1.29, 1.82) is 0 Å². The standard InChI is InChI=1S/C17H21N3O3/c1-11-8-12(20-16(18)9-11)4-2-3-7-19-17(23)14-10-13(21)5-6-15(14)22/h5-6,8-10,21-22H,2-4,7H2,1H3,(H2,18,20)(H,19,23). The lowest BCUT2D eigenvalue weighted by atomic mass is 10.1. The first-order valence-electron chi connectivity index (χ1n) is 7.49. The number of phenolic OH excluding ortho intramolecular Hbond substituents is 2. The van der Waals surface area contributed by atoms with E-state index in [0.29, 0.717) is 12.4 Å². The predicted octanol–water partition coefficient (Wildman–Crippen LogP) is 2.14. The minimum atomic E-state index is -0.406. The average Bonchev–Trinajstić information content (AvgIpc) is 2.48. The highest BCUT2D eigenvalue weighted by atomic mass is 16.3. The summed E-state index contributed by atoms with van der Waals surface area (Å²) in [6, 6.07) is 7.68. The lowest BCUT2D eigenvalue weighted by Crippen LogP contribution is -2.24.